The van der Waals surface area contributed by atoms with Gasteiger partial charge in [0, 0.05) is 16.7 Å². The molecular weight excluding hydrogens is 358 g/mol. The second kappa shape index (κ2) is 10.4. The summed E-state index contributed by atoms with van der Waals surface area (Å²) >= 11 is 4.97. The monoisotopic (exact) mass is 381 g/mol. The van der Waals surface area contributed by atoms with Gasteiger partial charge >= 0.3 is 0 Å². The first kappa shape index (κ1) is 19.8. The molecule has 0 aromatic heterocycles. The lowest BCUT2D eigenvalue weighted by Gasteiger charge is -2.13. The number of hydrogen-bond acceptors (Lipinski definition) is 2. The van der Waals surface area contributed by atoms with E-state index in [0.29, 0.717) is 0 Å². The van der Waals surface area contributed by atoms with Crippen LogP contribution in [0.4, 0.5) is 5.69 Å². The first-order valence-electron chi connectivity index (χ1n) is 9.69. The highest BCUT2D eigenvalue weighted by atomic mass is 32.1. The number of hydrogen-bond donors (Lipinski definition) is 0. The van der Waals surface area contributed by atoms with Crippen molar-refractivity contribution in [3.8, 4) is 23.0 Å². The molecule has 138 valence electrons. The molecule has 0 fully saturated rings. The van der Waals surface area contributed by atoms with Crippen molar-refractivity contribution >= 4 is 23.1 Å². The third-order valence-corrected chi connectivity index (χ3v) is 4.74. The van der Waals surface area contributed by atoms with Crippen molar-refractivity contribution in [2.24, 2.45) is 4.99 Å². The molecule has 0 N–H and O–H groups in total. The third kappa shape index (κ3) is 5.05. The Kier molecular flexibility index (Phi) is 7.33. The second-order valence-corrected chi connectivity index (χ2v) is 6.82. The van der Waals surface area contributed by atoms with Crippen LogP contribution in [-0.2, 0) is 6.42 Å². The van der Waals surface area contributed by atoms with Gasteiger partial charge in [0.25, 0.3) is 0 Å². The number of aliphatic imine (C=N–C) groups is 1. The molecule has 3 aromatic rings. The predicted molar refractivity (Wildman–Crippen MR) is 122 cm³/mol. The standard InChI is InChI=1S/C26H23NS/c1-2-3-6-15-24-19-18-23(17-16-21-11-7-4-8-12-21)25(26(24)27-20-28)22-13-9-5-10-14-22/h4-5,7-14,18-19H,2-3,6,15H2,1H3. The van der Waals surface area contributed by atoms with Crippen LogP contribution in [0.25, 0.3) is 11.1 Å². The summed E-state index contributed by atoms with van der Waals surface area (Å²) in [4.78, 5) is 4.47. The maximum Gasteiger partial charge on any atom is 0.0862 e. The number of isothiocyanates is 1. The fourth-order valence-corrected chi connectivity index (χ4v) is 3.33. The predicted octanol–water partition coefficient (Wildman–Crippen LogP) is 7.22. The van der Waals surface area contributed by atoms with Gasteiger partial charge in [-0.25, -0.2) is 0 Å². The van der Waals surface area contributed by atoms with Crippen LogP contribution in [-0.4, -0.2) is 5.16 Å². The zero-order valence-corrected chi connectivity index (χ0v) is 16.9. The molecule has 0 saturated carbocycles. The molecule has 0 unspecified atom stereocenters. The molecule has 3 rings (SSSR count). The van der Waals surface area contributed by atoms with Crippen molar-refractivity contribution in [2.45, 2.75) is 32.6 Å². The maximum absolute atomic E-state index is 4.97. The average molecular weight is 382 g/mol. The van der Waals surface area contributed by atoms with Crippen molar-refractivity contribution in [3.05, 3.63) is 89.5 Å². The minimum absolute atomic E-state index is 0.900. The van der Waals surface area contributed by atoms with Crippen LogP contribution in [0.5, 0.6) is 0 Å². The van der Waals surface area contributed by atoms with Gasteiger partial charge in [-0.15, -0.1) is 0 Å². The molecule has 0 aliphatic rings. The lowest BCUT2D eigenvalue weighted by atomic mass is 9.92. The number of unbranched alkanes of at least 4 members (excludes halogenated alkanes) is 2. The van der Waals surface area contributed by atoms with E-state index in [9.17, 15) is 0 Å². The Hall–Kier alpha value is -2.98. The van der Waals surface area contributed by atoms with E-state index in [2.05, 4.69) is 53.2 Å². The number of benzene rings is 3. The van der Waals surface area contributed by atoms with Gasteiger partial charge in [-0.05, 0) is 54.4 Å². The van der Waals surface area contributed by atoms with Crippen LogP contribution in [0.1, 0.15) is 42.9 Å². The van der Waals surface area contributed by atoms with Crippen LogP contribution in [0.15, 0.2) is 77.8 Å². The lowest BCUT2D eigenvalue weighted by Crippen LogP contribution is -1.93. The fourth-order valence-electron chi connectivity index (χ4n) is 3.24. The third-order valence-electron chi connectivity index (χ3n) is 4.65. The van der Waals surface area contributed by atoms with E-state index in [0.717, 1.165) is 40.8 Å². The molecule has 0 heterocycles. The molecule has 0 bridgehead atoms. The largest absolute Gasteiger partial charge is 0.194 e. The summed E-state index contributed by atoms with van der Waals surface area (Å²) < 4.78 is 0. The Balaban J connectivity index is 2.15. The van der Waals surface area contributed by atoms with Crippen LogP contribution in [0.2, 0.25) is 0 Å². The summed E-state index contributed by atoms with van der Waals surface area (Å²) in [7, 11) is 0. The van der Waals surface area contributed by atoms with Crippen LogP contribution >= 0.6 is 12.2 Å². The quantitative estimate of drug-likeness (QED) is 0.190. The van der Waals surface area contributed by atoms with E-state index in [1.807, 2.05) is 48.5 Å². The Labute approximate surface area is 173 Å². The summed E-state index contributed by atoms with van der Waals surface area (Å²) in [5.41, 5.74) is 6.19. The second-order valence-electron chi connectivity index (χ2n) is 6.64. The Morgan fingerprint density at radius 2 is 1.54 bits per heavy atom. The molecule has 0 atom stereocenters. The van der Waals surface area contributed by atoms with Gasteiger partial charge in [0.15, 0.2) is 0 Å². The minimum atomic E-state index is 0.900. The molecule has 0 saturated heterocycles. The molecular formula is C26H23NS. The number of rotatable bonds is 6. The van der Waals surface area contributed by atoms with E-state index in [-0.39, 0.29) is 0 Å². The summed E-state index contributed by atoms with van der Waals surface area (Å²) in [6, 6.07) is 24.6. The molecule has 28 heavy (non-hydrogen) atoms. The zero-order chi connectivity index (χ0) is 19.6. The zero-order valence-electron chi connectivity index (χ0n) is 16.1. The SMILES string of the molecule is CCCCCc1ccc(C#Cc2ccccc2)c(-c2ccccc2)c1N=C=S. The highest BCUT2D eigenvalue weighted by Gasteiger charge is 2.14. The molecule has 0 amide bonds. The highest BCUT2D eigenvalue weighted by Crippen LogP contribution is 2.37. The van der Waals surface area contributed by atoms with E-state index in [1.54, 1.807) is 0 Å². The molecule has 0 radical (unpaired) electrons. The van der Waals surface area contributed by atoms with Crippen LogP contribution in [0.3, 0.4) is 0 Å². The van der Waals surface area contributed by atoms with Crippen molar-refractivity contribution in [1.82, 2.24) is 0 Å². The van der Waals surface area contributed by atoms with E-state index >= 15 is 0 Å². The summed E-state index contributed by atoms with van der Waals surface area (Å²) in [6.45, 7) is 2.22. The Bertz CT molecular complexity index is 1020. The van der Waals surface area contributed by atoms with Gasteiger partial charge in [0.05, 0.1) is 10.8 Å². The molecule has 0 aliphatic carbocycles. The Morgan fingerprint density at radius 1 is 0.821 bits per heavy atom. The van der Waals surface area contributed by atoms with Gasteiger partial charge in [-0.2, -0.15) is 4.99 Å². The molecule has 0 spiro atoms. The molecule has 0 aliphatic heterocycles. The highest BCUT2D eigenvalue weighted by molar-refractivity contribution is 7.78. The van der Waals surface area contributed by atoms with Gasteiger partial charge in [0.2, 0.25) is 0 Å². The number of thiocarbonyl (C=S) groups is 1. The van der Waals surface area contributed by atoms with E-state index < -0.39 is 0 Å². The fraction of sp³-hybridized carbons (Fsp3) is 0.192. The van der Waals surface area contributed by atoms with Gasteiger partial charge < -0.3 is 0 Å². The van der Waals surface area contributed by atoms with Crippen molar-refractivity contribution in [1.29, 1.82) is 0 Å². The lowest BCUT2D eigenvalue weighted by molar-refractivity contribution is 0.718. The smallest absolute Gasteiger partial charge is 0.0862 e. The van der Waals surface area contributed by atoms with Crippen molar-refractivity contribution in [2.75, 3.05) is 0 Å². The summed E-state index contributed by atoms with van der Waals surface area (Å²) in [5, 5.41) is 2.59. The van der Waals surface area contributed by atoms with Crippen molar-refractivity contribution in [3.63, 3.8) is 0 Å². The minimum Gasteiger partial charge on any atom is -0.194 e. The van der Waals surface area contributed by atoms with Crippen molar-refractivity contribution < 1.29 is 0 Å². The van der Waals surface area contributed by atoms with E-state index in [1.165, 1.54) is 18.4 Å². The van der Waals surface area contributed by atoms with Gasteiger partial charge in [-0.1, -0.05) is 86.2 Å². The maximum atomic E-state index is 4.97. The average Bonchev–Trinajstić information content (AvgIpc) is 2.75. The van der Waals surface area contributed by atoms with Gasteiger partial charge in [-0.3, -0.25) is 0 Å². The van der Waals surface area contributed by atoms with Crippen LogP contribution < -0.4 is 0 Å². The molecule has 2 heteroatoms. The summed E-state index contributed by atoms with van der Waals surface area (Å²) in [5.74, 6) is 6.62. The Morgan fingerprint density at radius 3 is 2.21 bits per heavy atom. The normalized spacial score (nSPS) is 9.89. The summed E-state index contributed by atoms with van der Waals surface area (Å²) in [6.07, 6.45) is 4.52. The van der Waals surface area contributed by atoms with Crippen LogP contribution in [0, 0.1) is 11.8 Å². The first-order chi connectivity index (χ1) is 13.8. The number of aryl methyl sites for hydroxylation is 1. The topological polar surface area (TPSA) is 12.4 Å². The molecule has 1 nitrogen and oxygen atoms in total. The molecule has 3 aromatic carbocycles. The van der Waals surface area contributed by atoms with Gasteiger partial charge in [0.1, 0.15) is 0 Å². The first-order valence-corrected chi connectivity index (χ1v) is 10.1. The number of nitrogens with zero attached hydrogens (tertiary/aromatic N) is 1. The van der Waals surface area contributed by atoms with E-state index in [4.69, 9.17) is 12.2 Å².